The third-order valence-corrected chi connectivity index (χ3v) is 5.41. The van der Waals surface area contributed by atoms with Crippen molar-refractivity contribution in [3.05, 3.63) is 107 Å². The minimum atomic E-state index is -0.259. The first-order chi connectivity index (χ1) is 13.6. The Balaban J connectivity index is 1.72. The van der Waals surface area contributed by atoms with E-state index in [2.05, 4.69) is 49.3 Å². The molecule has 0 aromatic heterocycles. The monoisotopic (exact) mass is 371 g/mol. The minimum Gasteiger partial charge on any atom is -0.363 e. The molecule has 3 atom stereocenters. The van der Waals surface area contributed by atoms with Gasteiger partial charge in [-0.2, -0.15) is 0 Å². The van der Waals surface area contributed by atoms with Gasteiger partial charge in [-0.1, -0.05) is 84.9 Å². The van der Waals surface area contributed by atoms with Gasteiger partial charge in [0, 0.05) is 12.0 Å². The van der Waals surface area contributed by atoms with Crippen LogP contribution >= 0.6 is 0 Å². The van der Waals surface area contributed by atoms with Crippen LogP contribution in [0.25, 0.3) is 0 Å². The summed E-state index contributed by atoms with van der Waals surface area (Å²) < 4.78 is 6.60. The molecule has 0 saturated carbocycles. The van der Waals surface area contributed by atoms with Gasteiger partial charge in [0.25, 0.3) is 0 Å². The van der Waals surface area contributed by atoms with Gasteiger partial charge < -0.3 is 4.74 Å². The molecule has 0 amide bonds. The lowest BCUT2D eigenvalue weighted by molar-refractivity contribution is -0.0718. The lowest BCUT2D eigenvalue weighted by Crippen LogP contribution is -2.34. The Morgan fingerprint density at radius 1 is 0.821 bits per heavy atom. The van der Waals surface area contributed by atoms with Crippen LogP contribution in [0, 0.1) is 0 Å². The zero-order chi connectivity index (χ0) is 19.5. The molecule has 3 aromatic rings. The second-order valence-corrected chi connectivity index (χ2v) is 7.49. The number of hydrogen-bond acceptors (Lipinski definition) is 3. The zero-order valence-electron chi connectivity index (χ0n) is 16.3. The summed E-state index contributed by atoms with van der Waals surface area (Å²) in [6.07, 6.45) is -0.0465. The fourth-order valence-corrected chi connectivity index (χ4v) is 4.08. The average molecular weight is 371 g/mol. The maximum Gasteiger partial charge on any atom is 0.165 e. The molecular weight excluding hydrogens is 346 g/mol. The van der Waals surface area contributed by atoms with E-state index in [9.17, 15) is 4.79 Å². The van der Waals surface area contributed by atoms with Crippen LogP contribution in [0.3, 0.4) is 0 Å². The second kappa shape index (κ2) is 8.09. The summed E-state index contributed by atoms with van der Waals surface area (Å²) >= 11 is 0. The van der Waals surface area contributed by atoms with Crippen molar-refractivity contribution in [1.29, 1.82) is 0 Å². The van der Waals surface area contributed by atoms with Crippen molar-refractivity contribution < 1.29 is 9.53 Å². The van der Waals surface area contributed by atoms with E-state index >= 15 is 0 Å². The Morgan fingerprint density at radius 3 is 2.04 bits per heavy atom. The molecule has 3 heteroatoms. The first-order valence-electron chi connectivity index (χ1n) is 9.69. The van der Waals surface area contributed by atoms with E-state index < -0.39 is 0 Å². The molecule has 1 aliphatic heterocycles. The highest BCUT2D eigenvalue weighted by Gasteiger charge is 2.38. The summed E-state index contributed by atoms with van der Waals surface area (Å²) in [5.41, 5.74) is 4.21. The number of likely N-dealkylation sites (N-methyl/N-ethyl adjacent to an activating group) is 1. The number of fused-ring (bicyclic) bond motifs is 1. The van der Waals surface area contributed by atoms with Gasteiger partial charge in [-0.25, -0.2) is 0 Å². The van der Waals surface area contributed by atoms with Gasteiger partial charge in [0.15, 0.2) is 5.78 Å². The molecule has 1 heterocycles. The Labute approximate surface area is 166 Å². The first kappa shape index (κ1) is 18.6. The number of nitrogens with zero attached hydrogens (tertiary/aromatic N) is 1. The summed E-state index contributed by atoms with van der Waals surface area (Å²) in [7, 11) is 4.16. The molecular formula is C25H25NO2. The first-order valence-corrected chi connectivity index (χ1v) is 9.69. The van der Waals surface area contributed by atoms with Crippen molar-refractivity contribution in [2.24, 2.45) is 0 Å². The molecule has 1 aliphatic rings. The van der Waals surface area contributed by atoms with Crippen molar-refractivity contribution in [3.8, 4) is 0 Å². The molecule has 0 unspecified atom stereocenters. The average Bonchev–Trinajstić information content (AvgIpc) is 2.74. The van der Waals surface area contributed by atoms with E-state index in [1.807, 2.05) is 54.6 Å². The molecule has 28 heavy (non-hydrogen) atoms. The van der Waals surface area contributed by atoms with E-state index in [-0.39, 0.29) is 24.0 Å². The number of benzene rings is 3. The third kappa shape index (κ3) is 3.64. The molecule has 3 nitrogen and oxygen atoms in total. The summed E-state index contributed by atoms with van der Waals surface area (Å²) in [4.78, 5) is 15.1. The molecule has 0 spiro atoms. The minimum absolute atomic E-state index is 0.0988. The Morgan fingerprint density at radius 2 is 1.39 bits per heavy atom. The number of Topliss-reactive ketones (excluding diaryl/α,β-unsaturated/α-hetero) is 1. The van der Waals surface area contributed by atoms with Gasteiger partial charge >= 0.3 is 0 Å². The van der Waals surface area contributed by atoms with Crippen molar-refractivity contribution in [2.75, 3.05) is 14.1 Å². The molecule has 0 bridgehead atoms. The van der Waals surface area contributed by atoms with E-state index in [0.717, 1.165) is 16.7 Å². The van der Waals surface area contributed by atoms with E-state index in [1.54, 1.807) is 0 Å². The highest BCUT2D eigenvalue weighted by molar-refractivity contribution is 5.96. The molecule has 3 aromatic carbocycles. The van der Waals surface area contributed by atoms with Crippen molar-refractivity contribution >= 4 is 5.78 Å². The summed E-state index contributed by atoms with van der Waals surface area (Å²) in [6.45, 7) is 0. The van der Waals surface area contributed by atoms with Crippen LogP contribution in [-0.2, 0) is 4.74 Å². The van der Waals surface area contributed by atoms with Crippen LogP contribution in [0.1, 0.15) is 51.7 Å². The second-order valence-electron chi connectivity index (χ2n) is 7.49. The number of hydrogen-bond donors (Lipinski definition) is 0. The molecule has 0 fully saturated rings. The Kier molecular flexibility index (Phi) is 5.38. The van der Waals surface area contributed by atoms with Crippen LogP contribution in [0.2, 0.25) is 0 Å². The fraction of sp³-hybridized carbons (Fsp3) is 0.240. The Bertz CT molecular complexity index is 937. The number of carbonyl (C=O) groups excluding carboxylic acids is 1. The third-order valence-electron chi connectivity index (χ3n) is 5.41. The number of ether oxygens (including phenoxy) is 1. The van der Waals surface area contributed by atoms with Crippen LogP contribution in [0.4, 0.5) is 0 Å². The van der Waals surface area contributed by atoms with E-state index in [1.165, 1.54) is 5.56 Å². The topological polar surface area (TPSA) is 29.5 Å². The zero-order valence-corrected chi connectivity index (χ0v) is 16.3. The predicted octanol–water partition coefficient (Wildman–Crippen LogP) is 5.37. The highest BCUT2D eigenvalue weighted by Crippen LogP contribution is 2.47. The van der Waals surface area contributed by atoms with Crippen molar-refractivity contribution in [1.82, 2.24) is 4.90 Å². The molecule has 0 N–H and O–H groups in total. The summed E-state index contributed by atoms with van der Waals surface area (Å²) in [5.74, 6) is 0.107. The maximum absolute atomic E-state index is 12.9. The van der Waals surface area contributed by atoms with E-state index in [4.69, 9.17) is 4.74 Å². The van der Waals surface area contributed by atoms with Gasteiger partial charge in [0.05, 0.1) is 12.1 Å². The SMILES string of the molecule is CN(C)[C@H]1c2ccccc2[C@H](CC(=O)c2ccccc2)O[C@@H]1c1ccccc1. The fourth-order valence-electron chi connectivity index (χ4n) is 4.08. The van der Waals surface area contributed by atoms with Gasteiger partial charge in [-0.3, -0.25) is 9.69 Å². The number of carbonyl (C=O) groups is 1. The quantitative estimate of drug-likeness (QED) is 0.564. The molecule has 0 radical (unpaired) electrons. The highest BCUT2D eigenvalue weighted by atomic mass is 16.5. The standard InChI is InChI=1S/C25H25NO2/c1-26(2)24-21-16-10-9-15-20(21)23(17-22(27)18-11-5-3-6-12-18)28-25(24)19-13-7-4-8-14-19/h3-16,23-25H,17H2,1-2H3/t23-,24-,25+/m0/s1. The Hall–Kier alpha value is -2.75. The smallest absolute Gasteiger partial charge is 0.165 e. The van der Waals surface area contributed by atoms with Gasteiger partial charge in [0.2, 0.25) is 0 Å². The van der Waals surface area contributed by atoms with Crippen LogP contribution < -0.4 is 0 Å². The van der Waals surface area contributed by atoms with Crippen molar-refractivity contribution in [3.63, 3.8) is 0 Å². The maximum atomic E-state index is 12.9. The summed E-state index contributed by atoms with van der Waals surface area (Å²) in [5, 5.41) is 0. The largest absolute Gasteiger partial charge is 0.363 e. The molecule has 142 valence electrons. The normalized spacial score (nSPS) is 21.3. The van der Waals surface area contributed by atoms with Crippen LogP contribution in [0.15, 0.2) is 84.9 Å². The van der Waals surface area contributed by atoms with Gasteiger partial charge in [-0.05, 0) is 30.8 Å². The number of ketones is 1. The summed E-state index contributed by atoms with van der Waals surface area (Å²) in [6, 6.07) is 28.2. The van der Waals surface area contributed by atoms with E-state index in [0.29, 0.717) is 6.42 Å². The molecule has 0 aliphatic carbocycles. The number of rotatable bonds is 5. The van der Waals surface area contributed by atoms with Gasteiger partial charge in [-0.15, -0.1) is 0 Å². The van der Waals surface area contributed by atoms with Crippen LogP contribution in [0.5, 0.6) is 0 Å². The molecule has 4 rings (SSSR count). The predicted molar refractivity (Wildman–Crippen MR) is 111 cm³/mol. The van der Waals surface area contributed by atoms with Crippen LogP contribution in [-0.4, -0.2) is 24.8 Å². The van der Waals surface area contributed by atoms with Gasteiger partial charge in [0.1, 0.15) is 6.10 Å². The van der Waals surface area contributed by atoms with Crippen molar-refractivity contribution in [2.45, 2.75) is 24.7 Å². The molecule has 0 saturated heterocycles. The lowest BCUT2D eigenvalue weighted by atomic mass is 9.84. The lowest BCUT2D eigenvalue weighted by Gasteiger charge is -2.41.